The smallest absolute Gasteiger partial charge is 0.203 e. The molecule has 0 saturated heterocycles. The highest BCUT2D eigenvalue weighted by molar-refractivity contribution is 5.89. The molecule has 3 rings (SSSR count). The maximum Gasteiger partial charge on any atom is 0.203 e. The molecule has 3 aromatic rings. The van der Waals surface area contributed by atoms with Crippen molar-refractivity contribution in [3.05, 3.63) is 40.1 Å². The van der Waals surface area contributed by atoms with Gasteiger partial charge in [0, 0.05) is 23.3 Å². The predicted octanol–water partition coefficient (Wildman–Crippen LogP) is 3.76. The van der Waals surface area contributed by atoms with E-state index in [0.717, 1.165) is 0 Å². The second-order valence-corrected chi connectivity index (χ2v) is 6.02. The van der Waals surface area contributed by atoms with E-state index in [-0.39, 0.29) is 22.1 Å². The van der Waals surface area contributed by atoms with Gasteiger partial charge in [-0.1, -0.05) is 6.92 Å². The van der Waals surface area contributed by atoms with Crippen LogP contribution in [0.2, 0.25) is 0 Å². The Kier molecular flexibility index (Phi) is 5.35. The average Bonchev–Trinajstić information content (AvgIpc) is 2.71. The van der Waals surface area contributed by atoms with Crippen LogP contribution in [0.3, 0.4) is 0 Å². The second-order valence-electron chi connectivity index (χ2n) is 6.02. The molecule has 0 aliphatic carbocycles. The highest BCUT2D eigenvalue weighted by atomic mass is 16.5. The van der Waals surface area contributed by atoms with E-state index in [1.807, 2.05) is 6.92 Å². The number of phenols is 1. The zero-order valence-corrected chi connectivity index (χ0v) is 16.4. The topological polar surface area (TPSA) is 87.4 Å². The molecule has 148 valence electrons. The van der Waals surface area contributed by atoms with Gasteiger partial charge in [-0.2, -0.15) is 0 Å². The standard InChI is InChI=1S/C21H22O7/c1-6-12-16(24-2)10-14(23)19-13(22)9-15(28-20(12)19)11-7-17(25-3)21(27-5)18(8-11)26-4/h7-10,23H,6H2,1-5H3. The summed E-state index contributed by atoms with van der Waals surface area (Å²) >= 11 is 0. The molecule has 0 fully saturated rings. The van der Waals surface area contributed by atoms with Crippen molar-refractivity contribution in [2.24, 2.45) is 0 Å². The molecule has 0 bridgehead atoms. The Morgan fingerprint density at radius 2 is 1.50 bits per heavy atom. The molecule has 0 saturated carbocycles. The first-order valence-electron chi connectivity index (χ1n) is 8.66. The van der Waals surface area contributed by atoms with Crippen LogP contribution in [0.1, 0.15) is 12.5 Å². The summed E-state index contributed by atoms with van der Waals surface area (Å²) in [4.78, 5) is 12.7. The third kappa shape index (κ3) is 3.09. The summed E-state index contributed by atoms with van der Waals surface area (Å²) in [6.07, 6.45) is 0.557. The van der Waals surface area contributed by atoms with Crippen LogP contribution < -0.4 is 24.4 Å². The number of ether oxygens (including phenoxy) is 4. The van der Waals surface area contributed by atoms with E-state index < -0.39 is 0 Å². The maximum absolute atomic E-state index is 12.7. The number of fused-ring (bicyclic) bond motifs is 1. The lowest BCUT2D eigenvalue weighted by Gasteiger charge is -2.15. The third-order valence-electron chi connectivity index (χ3n) is 4.57. The van der Waals surface area contributed by atoms with E-state index in [0.29, 0.717) is 46.3 Å². The van der Waals surface area contributed by atoms with Gasteiger partial charge in [0.15, 0.2) is 16.9 Å². The van der Waals surface area contributed by atoms with Crippen LogP contribution in [0.15, 0.2) is 33.5 Å². The lowest BCUT2D eigenvalue weighted by Crippen LogP contribution is -2.04. The summed E-state index contributed by atoms with van der Waals surface area (Å²) in [7, 11) is 6.03. The Hall–Kier alpha value is -3.35. The molecule has 1 N–H and O–H groups in total. The third-order valence-corrected chi connectivity index (χ3v) is 4.57. The molecule has 0 radical (unpaired) electrons. The van der Waals surface area contributed by atoms with Crippen LogP contribution in [0.25, 0.3) is 22.3 Å². The Morgan fingerprint density at radius 1 is 0.893 bits per heavy atom. The van der Waals surface area contributed by atoms with Crippen molar-refractivity contribution in [1.29, 1.82) is 0 Å². The van der Waals surface area contributed by atoms with Gasteiger partial charge in [0.2, 0.25) is 5.75 Å². The fourth-order valence-electron chi connectivity index (χ4n) is 3.23. The molecule has 0 aliphatic heterocycles. The number of aromatic hydroxyl groups is 1. The van der Waals surface area contributed by atoms with Crippen molar-refractivity contribution in [3.8, 4) is 40.1 Å². The van der Waals surface area contributed by atoms with Gasteiger partial charge in [0.1, 0.15) is 28.2 Å². The Balaban J connectivity index is 2.35. The van der Waals surface area contributed by atoms with E-state index in [1.165, 1.54) is 40.6 Å². The summed E-state index contributed by atoms with van der Waals surface area (Å²) in [5, 5.41) is 10.4. The normalized spacial score (nSPS) is 10.8. The van der Waals surface area contributed by atoms with Crippen LogP contribution in [0.4, 0.5) is 0 Å². The highest BCUT2D eigenvalue weighted by Gasteiger charge is 2.20. The van der Waals surface area contributed by atoms with Gasteiger partial charge in [-0.05, 0) is 18.6 Å². The van der Waals surface area contributed by atoms with E-state index in [1.54, 1.807) is 12.1 Å². The molecule has 0 aliphatic rings. The molecule has 0 spiro atoms. The van der Waals surface area contributed by atoms with Gasteiger partial charge in [-0.15, -0.1) is 0 Å². The van der Waals surface area contributed by atoms with Crippen LogP contribution in [-0.4, -0.2) is 33.5 Å². The van der Waals surface area contributed by atoms with E-state index in [9.17, 15) is 9.90 Å². The van der Waals surface area contributed by atoms with Crippen molar-refractivity contribution in [3.63, 3.8) is 0 Å². The minimum atomic E-state index is -0.361. The number of hydrogen-bond donors (Lipinski definition) is 1. The van der Waals surface area contributed by atoms with E-state index >= 15 is 0 Å². The Bertz CT molecular complexity index is 1060. The number of benzene rings is 2. The second kappa shape index (κ2) is 7.72. The summed E-state index contributed by atoms with van der Waals surface area (Å²) in [5.74, 6) is 1.88. The van der Waals surface area contributed by atoms with Crippen molar-refractivity contribution in [1.82, 2.24) is 0 Å². The van der Waals surface area contributed by atoms with Crippen LogP contribution in [0, 0.1) is 0 Å². The lowest BCUT2D eigenvalue weighted by molar-refractivity contribution is 0.324. The van der Waals surface area contributed by atoms with Gasteiger partial charge in [0.05, 0.1) is 28.4 Å². The summed E-state index contributed by atoms with van der Waals surface area (Å²) in [6.45, 7) is 1.92. The van der Waals surface area contributed by atoms with Gasteiger partial charge in [-0.3, -0.25) is 4.79 Å². The van der Waals surface area contributed by atoms with Gasteiger partial charge in [0.25, 0.3) is 0 Å². The van der Waals surface area contributed by atoms with Gasteiger partial charge < -0.3 is 28.5 Å². The van der Waals surface area contributed by atoms with Crippen molar-refractivity contribution >= 4 is 11.0 Å². The highest BCUT2D eigenvalue weighted by Crippen LogP contribution is 2.42. The number of phenolic OH excluding ortho intramolecular Hbond substituents is 1. The van der Waals surface area contributed by atoms with Crippen LogP contribution >= 0.6 is 0 Å². The van der Waals surface area contributed by atoms with Gasteiger partial charge >= 0.3 is 0 Å². The van der Waals surface area contributed by atoms with E-state index in [2.05, 4.69) is 0 Å². The molecular weight excluding hydrogens is 364 g/mol. The van der Waals surface area contributed by atoms with Crippen LogP contribution in [-0.2, 0) is 6.42 Å². The molecule has 28 heavy (non-hydrogen) atoms. The first kappa shape index (κ1) is 19.4. The molecule has 7 heteroatoms. The minimum Gasteiger partial charge on any atom is -0.507 e. The first-order valence-corrected chi connectivity index (χ1v) is 8.66. The maximum atomic E-state index is 12.7. The van der Waals surface area contributed by atoms with Crippen molar-refractivity contribution < 1.29 is 28.5 Å². The largest absolute Gasteiger partial charge is 0.507 e. The summed E-state index contributed by atoms with van der Waals surface area (Å²) < 4.78 is 27.5. The summed E-state index contributed by atoms with van der Waals surface area (Å²) in [5.41, 5.74) is 1.19. The number of rotatable bonds is 6. The molecule has 1 aromatic heterocycles. The zero-order chi connectivity index (χ0) is 20.4. The van der Waals surface area contributed by atoms with Crippen molar-refractivity contribution in [2.75, 3.05) is 28.4 Å². The number of aryl methyl sites for hydroxylation is 1. The first-order chi connectivity index (χ1) is 13.5. The monoisotopic (exact) mass is 386 g/mol. The van der Waals surface area contributed by atoms with Crippen molar-refractivity contribution in [2.45, 2.75) is 13.3 Å². The SMILES string of the molecule is CCc1c(OC)cc(O)c2c(=O)cc(-c3cc(OC)c(OC)c(OC)c3)oc12. The molecule has 0 atom stereocenters. The average molecular weight is 386 g/mol. The molecule has 2 aromatic carbocycles. The Morgan fingerprint density at radius 3 is 2.00 bits per heavy atom. The fraction of sp³-hybridized carbons (Fsp3) is 0.286. The van der Waals surface area contributed by atoms with Crippen LogP contribution in [0.5, 0.6) is 28.7 Å². The predicted molar refractivity (Wildman–Crippen MR) is 105 cm³/mol. The molecule has 0 unspecified atom stereocenters. The van der Waals surface area contributed by atoms with Gasteiger partial charge in [-0.25, -0.2) is 0 Å². The van der Waals surface area contributed by atoms with E-state index in [4.69, 9.17) is 23.4 Å². The number of hydrogen-bond acceptors (Lipinski definition) is 7. The Labute approximate surface area is 162 Å². The number of methoxy groups -OCH3 is 4. The molecule has 7 nitrogen and oxygen atoms in total. The molecule has 0 amide bonds. The fourth-order valence-corrected chi connectivity index (χ4v) is 3.23. The zero-order valence-electron chi connectivity index (χ0n) is 16.4. The summed E-state index contributed by atoms with van der Waals surface area (Å²) in [6, 6.07) is 6.14. The quantitative estimate of drug-likeness (QED) is 0.690. The molecular formula is C21H22O7. The lowest BCUT2D eigenvalue weighted by atomic mass is 10.0. The minimum absolute atomic E-state index is 0.119. The molecule has 1 heterocycles.